The van der Waals surface area contributed by atoms with Crippen molar-refractivity contribution in [2.24, 2.45) is 0 Å². The molecule has 238 valence electrons. The largest absolute Gasteiger partial charge is 0.309 e. The first-order valence-electron chi connectivity index (χ1n) is 27.2. The molecule has 3 heterocycles. The molecule has 0 saturated heterocycles. The third-order valence-electron chi connectivity index (χ3n) is 8.99. The van der Waals surface area contributed by atoms with Crippen LogP contribution in [0.5, 0.6) is 0 Å². The van der Waals surface area contributed by atoms with Gasteiger partial charge in [-0.1, -0.05) is 121 Å². The molecule has 0 aliphatic rings. The van der Waals surface area contributed by atoms with Gasteiger partial charge in [0.25, 0.3) is 0 Å². The van der Waals surface area contributed by atoms with Crippen LogP contribution in [0.4, 0.5) is 0 Å². The second-order valence-electron chi connectivity index (χ2n) is 11.6. The first-order valence-corrected chi connectivity index (χ1v) is 15.7. The maximum absolute atomic E-state index is 9.95. The number of aromatic nitrogens is 3. The summed E-state index contributed by atoms with van der Waals surface area (Å²) in [6.07, 6.45) is 0. The zero-order chi connectivity index (χ0) is 53.5. The number of rotatable bonds is 4. The number of benzene rings is 8. The second kappa shape index (κ2) is 10.8. The number of hydrogen-bond donors (Lipinski definition) is 0. The topological polar surface area (TPSA) is 14.8 Å². The van der Waals surface area contributed by atoms with Crippen molar-refractivity contribution in [1.29, 1.82) is 0 Å². The highest BCUT2D eigenvalue weighted by Crippen LogP contribution is 2.39. The summed E-state index contributed by atoms with van der Waals surface area (Å²) >= 11 is 0. The number of hydrogen-bond acceptors (Lipinski definition) is 0. The minimum absolute atomic E-state index is 0.105. The Morgan fingerprint density at radius 2 is 0.804 bits per heavy atom. The van der Waals surface area contributed by atoms with Crippen LogP contribution in [0.3, 0.4) is 0 Å². The van der Waals surface area contributed by atoms with Gasteiger partial charge >= 0.3 is 0 Å². The molecule has 0 atom stereocenters. The van der Waals surface area contributed by atoms with Crippen LogP contribution in [0.2, 0.25) is 0 Å². The molecule has 0 aliphatic heterocycles. The molecule has 0 spiro atoms. The summed E-state index contributed by atoms with van der Waals surface area (Å²) in [5.74, 6) is 0. The predicted molar refractivity (Wildman–Crippen MR) is 215 cm³/mol. The fourth-order valence-electron chi connectivity index (χ4n) is 6.91. The summed E-state index contributed by atoms with van der Waals surface area (Å²) < 4.78 is 209. The van der Waals surface area contributed by atoms with E-state index in [4.69, 9.17) is 24.7 Å². The van der Waals surface area contributed by atoms with E-state index in [1.807, 2.05) is 0 Å². The van der Waals surface area contributed by atoms with Gasteiger partial charge in [-0.15, -0.1) is 0 Å². The van der Waals surface area contributed by atoms with Gasteiger partial charge in [-0.25, -0.2) is 0 Å². The third-order valence-corrected chi connectivity index (χ3v) is 8.99. The molecule has 0 amide bonds. The maximum atomic E-state index is 9.95. The molecule has 0 radical (unpaired) electrons. The van der Waals surface area contributed by atoms with Crippen LogP contribution >= 0.6 is 0 Å². The molecule has 0 saturated carbocycles. The van der Waals surface area contributed by atoms with Gasteiger partial charge in [0.1, 0.15) is 0 Å². The Morgan fingerprint density at radius 1 is 0.353 bits per heavy atom. The highest BCUT2D eigenvalue weighted by molar-refractivity contribution is 6.13. The highest BCUT2D eigenvalue weighted by atomic mass is 15.0. The SMILES string of the molecule is [2H]c1c([2H])c([2H])c2c(c1[2H])c1c([2H])c(-n3c4c([2H])c([2H])c([2H])c([2H])c4c4c([2H])c([2H])c([2H])c([2H])c43)c([2H])c([2H])c1n2-c1cccc(-c2ccccc2-n2c3c([2H])c([2H])c([2H])c([2H])c3c3c([2H])c([2H])c([2H])c([2H])c32)c1. The normalized spacial score (nSPS) is 18.2. The van der Waals surface area contributed by atoms with Crippen molar-refractivity contribution in [1.82, 2.24) is 13.7 Å². The first kappa shape index (κ1) is 13.8. The standard InChI is InChI=1S/C48H31N3/c1-7-22-42(51-46-26-11-4-19-38(46)39-20-5-12-27-47(39)51)35(16-1)32-14-13-15-33(30-32)49-45-25-10-6-21-40(45)41-31-34(28-29-48(41)49)50-43-23-8-2-17-36(43)37-18-3-9-24-44(37)50/h1-31H/i2D,3D,4D,5D,6D,8D,9D,10D,11D,12D,17D,18D,19D,20D,21D,23D,24D,25D,26D,27D,28D,29D,31D. The van der Waals surface area contributed by atoms with Gasteiger partial charge in [-0.05, 0) is 72.1 Å². The maximum Gasteiger partial charge on any atom is 0.0652 e. The smallest absolute Gasteiger partial charge is 0.0652 e. The Balaban J connectivity index is 1.27. The van der Waals surface area contributed by atoms with Crippen LogP contribution in [-0.2, 0) is 0 Å². The van der Waals surface area contributed by atoms with Gasteiger partial charge in [-0.3, -0.25) is 0 Å². The van der Waals surface area contributed by atoms with Crippen molar-refractivity contribution in [2.45, 2.75) is 0 Å². The Morgan fingerprint density at radius 3 is 1.37 bits per heavy atom. The molecule has 51 heavy (non-hydrogen) atoms. The molecule has 3 aromatic heterocycles. The van der Waals surface area contributed by atoms with E-state index in [2.05, 4.69) is 0 Å². The van der Waals surface area contributed by atoms with Crippen LogP contribution < -0.4 is 0 Å². The predicted octanol–water partition coefficient (Wildman–Crippen LogP) is 12.6. The van der Waals surface area contributed by atoms with Gasteiger partial charge in [0.05, 0.1) is 70.3 Å². The molecule has 0 aliphatic carbocycles. The van der Waals surface area contributed by atoms with E-state index >= 15 is 0 Å². The number of para-hydroxylation sites is 6. The quantitative estimate of drug-likeness (QED) is 0.177. The van der Waals surface area contributed by atoms with Gasteiger partial charge in [-0.2, -0.15) is 0 Å². The number of fused-ring (bicyclic) bond motifs is 9. The lowest BCUT2D eigenvalue weighted by Gasteiger charge is -2.15. The minimum Gasteiger partial charge on any atom is -0.309 e. The van der Waals surface area contributed by atoms with E-state index in [0.717, 1.165) is 4.57 Å². The lowest BCUT2D eigenvalue weighted by atomic mass is 10.0. The third kappa shape index (κ3) is 4.06. The summed E-state index contributed by atoms with van der Waals surface area (Å²) in [6.45, 7) is 0. The van der Waals surface area contributed by atoms with Crippen LogP contribution in [0.15, 0.2) is 188 Å². The molecule has 11 aromatic rings. The summed E-state index contributed by atoms with van der Waals surface area (Å²) in [5, 5.41) is -1.63. The Hall–Kier alpha value is -6.84. The van der Waals surface area contributed by atoms with Crippen molar-refractivity contribution in [3.8, 4) is 28.2 Å². The average Bonchev–Trinajstić information content (AvgIpc) is 4.07. The van der Waals surface area contributed by atoms with Crippen molar-refractivity contribution in [2.75, 3.05) is 0 Å². The molecular formula is C48H31N3. The van der Waals surface area contributed by atoms with Crippen molar-refractivity contribution in [3.05, 3.63) is 188 Å². The Bertz CT molecular complexity index is 4320. The lowest BCUT2D eigenvalue weighted by Crippen LogP contribution is -1.98. The van der Waals surface area contributed by atoms with Crippen molar-refractivity contribution >= 4 is 65.4 Å². The van der Waals surface area contributed by atoms with E-state index in [9.17, 15) is 6.85 Å². The van der Waals surface area contributed by atoms with E-state index in [1.54, 1.807) is 42.5 Å². The lowest BCUT2D eigenvalue weighted by molar-refractivity contribution is 1.16. The molecule has 3 heteroatoms. The van der Waals surface area contributed by atoms with Gasteiger partial charge in [0.15, 0.2) is 0 Å². The number of nitrogens with zero attached hydrogens (tertiary/aromatic N) is 3. The van der Waals surface area contributed by atoms with Crippen LogP contribution in [0.25, 0.3) is 93.6 Å². The molecule has 0 N–H and O–H groups in total. The van der Waals surface area contributed by atoms with Gasteiger partial charge in [0, 0.05) is 49.3 Å². The van der Waals surface area contributed by atoms with E-state index in [0.29, 0.717) is 11.1 Å². The van der Waals surface area contributed by atoms with Crippen LogP contribution in [0, 0.1) is 0 Å². The van der Waals surface area contributed by atoms with Gasteiger partial charge < -0.3 is 13.7 Å². The van der Waals surface area contributed by atoms with E-state index in [1.165, 1.54) is 15.2 Å². The minimum atomic E-state index is -0.789. The van der Waals surface area contributed by atoms with E-state index < -0.39 is 156 Å². The Kier molecular flexibility index (Phi) is 2.93. The Labute approximate surface area is 326 Å². The van der Waals surface area contributed by atoms with Gasteiger partial charge in [0.2, 0.25) is 0 Å². The summed E-state index contributed by atoms with van der Waals surface area (Å²) in [5.41, 5.74) is -1.33. The monoisotopic (exact) mass is 672 g/mol. The van der Waals surface area contributed by atoms with Crippen LogP contribution in [0.1, 0.15) is 31.5 Å². The highest BCUT2D eigenvalue weighted by Gasteiger charge is 2.18. The fourth-order valence-corrected chi connectivity index (χ4v) is 6.91. The van der Waals surface area contributed by atoms with Crippen LogP contribution in [-0.4, -0.2) is 13.7 Å². The molecule has 0 unspecified atom stereocenters. The zero-order valence-corrected chi connectivity index (χ0v) is 26.0. The average molecular weight is 673 g/mol. The molecular weight excluding hydrogens is 619 g/mol. The fraction of sp³-hybridized carbons (Fsp3) is 0. The summed E-state index contributed by atoms with van der Waals surface area (Å²) in [6, 6.07) is -2.58. The molecule has 0 bridgehead atoms. The van der Waals surface area contributed by atoms with Crippen molar-refractivity contribution < 1.29 is 31.5 Å². The molecule has 0 fully saturated rings. The second-order valence-corrected chi connectivity index (χ2v) is 11.6. The zero-order valence-electron chi connectivity index (χ0n) is 49.0. The summed E-state index contributed by atoms with van der Waals surface area (Å²) in [4.78, 5) is 0. The summed E-state index contributed by atoms with van der Waals surface area (Å²) in [7, 11) is 0. The molecule has 11 rings (SSSR count). The van der Waals surface area contributed by atoms with Crippen molar-refractivity contribution in [3.63, 3.8) is 0 Å². The molecule has 3 nitrogen and oxygen atoms in total. The first-order chi connectivity index (χ1) is 34.9. The van der Waals surface area contributed by atoms with E-state index in [-0.39, 0.29) is 65.8 Å². The molecule has 8 aromatic carbocycles.